The fraction of sp³-hybridized carbons (Fsp3) is 0.0667. The van der Waals surface area contributed by atoms with Gasteiger partial charge < -0.3 is 15.3 Å². The Hall–Kier alpha value is -3.02. The third kappa shape index (κ3) is 2.06. The largest absolute Gasteiger partial charge is 0.508 e. The van der Waals surface area contributed by atoms with Gasteiger partial charge in [-0.2, -0.15) is 5.10 Å². The standard InChI is InChI=1S/C15H12N2O4/c1-17-12(7-11(16-17)15(20)21)14-10-6-9(18)4-2-8(10)3-5-13(14)19/h2-7,18-19H,1H3,(H,20,21). The molecule has 2 aromatic carbocycles. The maximum absolute atomic E-state index is 11.0. The van der Waals surface area contributed by atoms with Crippen molar-refractivity contribution in [3.63, 3.8) is 0 Å². The first-order valence-corrected chi connectivity index (χ1v) is 6.20. The van der Waals surface area contributed by atoms with E-state index in [1.807, 2.05) is 0 Å². The Morgan fingerprint density at radius 1 is 1.14 bits per heavy atom. The molecule has 3 aromatic rings. The lowest BCUT2D eigenvalue weighted by molar-refractivity contribution is 0.0689. The highest BCUT2D eigenvalue weighted by molar-refractivity contribution is 6.00. The Bertz CT molecular complexity index is 862. The summed E-state index contributed by atoms with van der Waals surface area (Å²) in [6, 6.07) is 9.44. The Morgan fingerprint density at radius 3 is 2.52 bits per heavy atom. The van der Waals surface area contributed by atoms with Crippen LogP contribution in [0, 0.1) is 0 Å². The summed E-state index contributed by atoms with van der Waals surface area (Å²) in [5, 5.41) is 34.2. The Morgan fingerprint density at radius 2 is 1.86 bits per heavy atom. The number of benzene rings is 2. The minimum Gasteiger partial charge on any atom is -0.508 e. The van der Waals surface area contributed by atoms with E-state index in [1.165, 1.54) is 22.9 Å². The molecule has 0 unspecified atom stereocenters. The number of phenols is 2. The lowest BCUT2D eigenvalue weighted by Gasteiger charge is -2.09. The lowest BCUT2D eigenvalue weighted by atomic mass is 10.0. The van der Waals surface area contributed by atoms with Crippen LogP contribution in [0.1, 0.15) is 10.5 Å². The summed E-state index contributed by atoms with van der Waals surface area (Å²) in [5.74, 6) is -1.08. The second-order valence-electron chi connectivity index (χ2n) is 4.71. The number of carbonyl (C=O) groups is 1. The zero-order valence-corrected chi connectivity index (χ0v) is 11.1. The predicted molar refractivity (Wildman–Crippen MR) is 76.4 cm³/mol. The summed E-state index contributed by atoms with van der Waals surface area (Å²) >= 11 is 0. The topological polar surface area (TPSA) is 95.6 Å². The second kappa shape index (κ2) is 4.52. The average Bonchev–Trinajstić information content (AvgIpc) is 2.80. The van der Waals surface area contributed by atoms with Gasteiger partial charge in [-0.15, -0.1) is 0 Å². The molecule has 0 saturated heterocycles. The summed E-state index contributed by atoms with van der Waals surface area (Å²) in [7, 11) is 1.60. The van der Waals surface area contributed by atoms with Crippen molar-refractivity contribution in [2.45, 2.75) is 0 Å². The molecular weight excluding hydrogens is 272 g/mol. The summed E-state index contributed by atoms with van der Waals surface area (Å²) in [4.78, 5) is 11.0. The molecule has 0 aliphatic heterocycles. The third-order valence-electron chi connectivity index (χ3n) is 3.34. The highest BCUT2D eigenvalue weighted by atomic mass is 16.4. The third-order valence-corrected chi connectivity index (χ3v) is 3.34. The fourth-order valence-corrected chi connectivity index (χ4v) is 2.37. The number of aryl methyl sites for hydroxylation is 1. The van der Waals surface area contributed by atoms with Crippen LogP contribution in [-0.2, 0) is 7.05 Å². The van der Waals surface area contributed by atoms with Crippen molar-refractivity contribution in [2.24, 2.45) is 7.05 Å². The molecule has 21 heavy (non-hydrogen) atoms. The van der Waals surface area contributed by atoms with E-state index in [-0.39, 0.29) is 17.2 Å². The molecule has 1 aromatic heterocycles. The molecule has 6 heteroatoms. The number of fused-ring (bicyclic) bond motifs is 1. The van der Waals surface area contributed by atoms with Crippen LogP contribution in [0.5, 0.6) is 11.5 Å². The summed E-state index contributed by atoms with van der Waals surface area (Å²) in [6.07, 6.45) is 0. The second-order valence-corrected chi connectivity index (χ2v) is 4.71. The van der Waals surface area contributed by atoms with Crippen molar-refractivity contribution in [1.82, 2.24) is 9.78 Å². The van der Waals surface area contributed by atoms with E-state index in [0.717, 1.165) is 5.39 Å². The number of aromatic hydroxyl groups is 2. The molecule has 0 aliphatic carbocycles. The van der Waals surface area contributed by atoms with Gasteiger partial charge >= 0.3 is 5.97 Å². The minimum absolute atomic E-state index is 0.00645. The van der Waals surface area contributed by atoms with E-state index < -0.39 is 5.97 Å². The first kappa shape index (κ1) is 13.0. The van der Waals surface area contributed by atoms with Gasteiger partial charge in [-0.05, 0) is 35.0 Å². The zero-order chi connectivity index (χ0) is 15.1. The normalized spacial score (nSPS) is 10.9. The number of carboxylic acid groups (broad SMARTS) is 1. The van der Waals surface area contributed by atoms with E-state index in [4.69, 9.17) is 5.11 Å². The molecule has 0 aliphatic rings. The number of aromatic nitrogens is 2. The summed E-state index contributed by atoms with van der Waals surface area (Å²) in [6.45, 7) is 0. The van der Waals surface area contributed by atoms with Gasteiger partial charge in [0.1, 0.15) is 11.5 Å². The van der Waals surface area contributed by atoms with Crippen LogP contribution in [0.2, 0.25) is 0 Å². The number of phenolic OH excluding ortho intramolecular Hbond substituents is 2. The molecule has 106 valence electrons. The van der Waals surface area contributed by atoms with Gasteiger partial charge in [0.15, 0.2) is 5.69 Å². The van der Waals surface area contributed by atoms with Gasteiger partial charge in [0.25, 0.3) is 0 Å². The van der Waals surface area contributed by atoms with Crippen molar-refractivity contribution < 1.29 is 20.1 Å². The Labute approximate surface area is 119 Å². The van der Waals surface area contributed by atoms with Crippen LogP contribution in [0.3, 0.4) is 0 Å². The predicted octanol–water partition coefficient (Wildman–Crippen LogP) is 2.35. The van der Waals surface area contributed by atoms with Crippen LogP contribution in [-0.4, -0.2) is 31.1 Å². The molecular formula is C15H12N2O4. The van der Waals surface area contributed by atoms with E-state index in [9.17, 15) is 15.0 Å². The first-order valence-electron chi connectivity index (χ1n) is 6.20. The number of nitrogens with zero attached hydrogens (tertiary/aromatic N) is 2. The highest BCUT2D eigenvalue weighted by Crippen LogP contribution is 2.37. The molecule has 1 heterocycles. The smallest absolute Gasteiger partial charge is 0.356 e. The molecule has 0 atom stereocenters. The Balaban J connectivity index is 2.36. The van der Waals surface area contributed by atoms with Gasteiger partial charge in [-0.25, -0.2) is 4.79 Å². The van der Waals surface area contributed by atoms with Crippen LogP contribution < -0.4 is 0 Å². The summed E-state index contributed by atoms with van der Waals surface area (Å²) < 4.78 is 1.39. The number of rotatable bonds is 2. The molecule has 0 saturated carbocycles. The highest BCUT2D eigenvalue weighted by Gasteiger charge is 2.17. The van der Waals surface area contributed by atoms with Gasteiger partial charge in [0.2, 0.25) is 0 Å². The molecule has 6 nitrogen and oxygen atoms in total. The molecule has 0 amide bonds. The van der Waals surface area contributed by atoms with Gasteiger partial charge in [0, 0.05) is 12.6 Å². The first-order chi connectivity index (χ1) is 9.97. The van der Waals surface area contributed by atoms with Gasteiger partial charge in [-0.3, -0.25) is 4.68 Å². The van der Waals surface area contributed by atoms with Crippen molar-refractivity contribution in [2.75, 3.05) is 0 Å². The minimum atomic E-state index is -1.14. The molecule has 3 N–H and O–H groups in total. The van der Waals surface area contributed by atoms with Crippen LogP contribution in [0.25, 0.3) is 22.0 Å². The van der Waals surface area contributed by atoms with E-state index in [1.54, 1.807) is 25.2 Å². The van der Waals surface area contributed by atoms with Crippen molar-refractivity contribution in [3.05, 3.63) is 42.1 Å². The Kier molecular flexibility index (Phi) is 2.79. The molecule has 0 spiro atoms. The number of carboxylic acids is 1. The molecule has 0 bridgehead atoms. The van der Waals surface area contributed by atoms with Gasteiger partial charge in [0.05, 0.1) is 5.69 Å². The number of hydrogen-bond donors (Lipinski definition) is 3. The molecule has 3 rings (SSSR count). The van der Waals surface area contributed by atoms with Crippen molar-refractivity contribution in [3.8, 4) is 22.8 Å². The molecule has 0 radical (unpaired) electrons. The van der Waals surface area contributed by atoms with Crippen LogP contribution >= 0.6 is 0 Å². The molecule has 0 fully saturated rings. The SMILES string of the molecule is Cn1nc(C(=O)O)cc1-c1c(O)ccc2ccc(O)cc12. The van der Waals surface area contributed by atoms with E-state index in [0.29, 0.717) is 16.6 Å². The maximum Gasteiger partial charge on any atom is 0.356 e. The number of aromatic carboxylic acids is 1. The van der Waals surface area contributed by atoms with Gasteiger partial charge in [-0.1, -0.05) is 12.1 Å². The van der Waals surface area contributed by atoms with Crippen molar-refractivity contribution in [1.29, 1.82) is 0 Å². The monoisotopic (exact) mass is 284 g/mol. The summed E-state index contributed by atoms with van der Waals surface area (Å²) in [5.41, 5.74) is 0.788. The number of hydrogen-bond acceptors (Lipinski definition) is 4. The van der Waals surface area contributed by atoms with Crippen molar-refractivity contribution >= 4 is 16.7 Å². The van der Waals surface area contributed by atoms with E-state index in [2.05, 4.69) is 5.10 Å². The fourth-order valence-electron chi connectivity index (χ4n) is 2.37. The average molecular weight is 284 g/mol. The zero-order valence-electron chi connectivity index (χ0n) is 11.1. The van der Waals surface area contributed by atoms with E-state index >= 15 is 0 Å². The van der Waals surface area contributed by atoms with Crippen LogP contribution in [0.4, 0.5) is 0 Å². The van der Waals surface area contributed by atoms with Crippen LogP contribution in [0.15, 0.2) is 36.4 Å². The lowest BCUT2D eigenvalue weighted by Crippen LogP contribution is -1.99. The quantitative estimate of drug-likeness (QED) is 0.671. The maximum atomic E-state index is 11.0.